The molecule has 5 nitrogen and oxygen atoms in total. The van der Waals surface area contributed by atoms with Crippen LogP contribution in [0.25, 0.3) is 0 Å². The van der Waals surface area contributed by atoms with Crippen LogP contribution in [0.4, 0.5) is 11.4 Å². The molecule has 1 fully saturated rings. The third kappa shape index (κ3) is 4.49. The summed E-state index contributed by atoms with van der Waals surface area (Å²) in [7, 11) is 0. The van der Waals surface area contributed by atoms with Gasteiger partial charge in [0.25, 0.3) is 5.91 Å². The quantitative estimate of drug-likeness (QED) is 0.675. The molecule has 0 spiro atoms. The molecule has 4 rings (SSSR count). The van der Waals surface area contributed by atoms with Crippen LogP contribution in [0.2, 0.25) is 0 Å². The minimum absolute atomic E-state index is 0.164. The molecule has 5 heteroatoms. The van der Waals surface area contributed by atoms with E-state index in [0.717, 1.165) is 30.3 Å². The standard InChI is InChI=1S/C23H23N3O2/c27-23(18-15-20(17-24-16-18)26-13-5-2-6-14-26)25-19-9-11-22(12-10-19)28-21-7-3-1-4-8-21/h1,3-4,7-12,15-17H,2,5-6,13-14H2,(H,25,27). The van der Waals surface area contributed by atoms with Crippen molar-refractivity contribution in [3.8, 4) is 11.5 Å². The first-order valence-electron chi connectivity index (χ1n) is 9.62. The molecule has 1 amide bonds. The number of pyridine rings is 1. The highest BCUT2D eigenvalue weighted by molar-refractivity contribution is 6.04. The molecule has 1 N–H and O–H groups in total. The number of hydrogen-bond acceptors (Lipinski definition) is 4. The summed E-state index contributed by atoms with van der Waals surface area (Å²) in [6.07, 6.45) is 7.09. The molecule has 1 aliphatic heterocycles. The van der Waals surface area contributed by atoms with Crippen molar-refractivity contribution in [2.24, 2.45) is 0 Å². The van der Waals surface area contributed by atoms with Gasteiger partial charge in [0.05, 0.1) is 17.4 Å². The summed E-state index contributed by atoms with van der Waals surface area (Å²) in [5.41, 5.74) is 2.29. The minimum atomic E-state index is -0.164. The van der Waals surface area contributed by atoms with E-state index in [1.165, 1.54) is 19.3 Å². The number of ether oxygens (including phenoxy) is 1. The van der Waals surface area contributed by atoms with Crippen molar-refractivity contribution in [2.75, 3.05) is 23.3 Å². The highest BCUT2D eigenvalue weighted by Crippen LogP contribution is 2.24. The van der Waals surface area contributed by atoms with E-state index in [0.29, 0.717) is 11.3 Å². The summed E-state index contributed by atoms with van der Waals surface area (Å²) in [5.74, 6) is 1.33. The van der Waals surface area contributed by atoms with Crippen molar-refractivity contribution in [1.29, 1.82) is 0 Å². The number of carbonyl (C=O) groups is 1. The molecule has 0 radical (unpaired) electrons. The Morgan fingerprint density at radius 1 is 0.893 bits per heavy atom. The van der Waals surface area contributed by atoms with Crippen LogP contribution < -0.4 is 15.0 Å². The number of carbonyl (C=O) groups excluding carboxylic acids is 1. The SMILES string of the molecule is O=C(Nc1ccc(Oc2ccccc2)cc1)c1cncc(N2CCCCC2)c1. The van der Waals surface area contributed by atoms with Crippen LogP contribution >= 0.6 is 0 Å². The normalized spacial score (nSPS) is 13.8. The van der Waals surface area contributed by atoms with Gasteiger partial charge in [0.2, 0.25) is 0 Å². The van der Waals surface area contributed by atoms with Crippen LogP contribution in [-0.2, 0) is 0 Å². The molecular formula is C23H23N3O2. The Hall–Kier alpha value is -3.34. The molecule has 0 atom stereocenters. The van der Waals surface area contributed by atoms with E-state index < -0.39 is 0 Å². The lowest BCUT2D eigenvalue weighted by Gasteiger charge is -2.28. The first-order chi connectivity index (χ1) is 13.8. The molecule has 0 aliphatic carbocycles. The maximum absolute atomic E-state index is 12.6. The van der Waals surface area contributed by atoms with Gasteiger partial charge in [-0.15, -0.1) is 0 Å². The molecule has 1 saturated heterocycles. The number of anilines is 2. The Labute approximate surface area is 165 Å². The summed E-state index contributed by atoms with van der Waals surface area (Å²) in [5, 5.41) is 2.93. The molecule has 2 heterocycles. The van der Waals surface area contributed by atoms with Crippen LogP contribution in [-0.4, -0.2) is 24.0 Å². The number of benzene rings is 2. The third-order valence-corrected chi connectivity index (χ3v) is 4.80. The summed E-state index contributed by atoms with van der Waals surface area (Å²) < 4.78 is 5.78. The lowest BCUT2D eigenvalue weighted by Crippen LogP contribution is -2.29. The highest BCUT2D eigenvalue weighted by Gasteiger charge is 2.14. The third-order valence-electron chi connectivity index (χ3n) is 4.80. The van der Waals surface area contributed by atoms with Crippen LogP contribution in [0, 0.1) is 0 Å². The number of nitrogens with zero attached hydrogens (tertiary/aromatic N) is 2. The summed E-state index contributed by atoms with van der Waals surface area (Å²) >= 11 is 0. The lowest BCUT2D eigenvalue weighted by atomic mass is 10.1. The zero-order valence-electron chi connectivity index (χ0n) is 15.7. The zero-order chi connectivity index (χ0) is 19.2. The summed E-state index contributed by atoms with van der Waals surface area (Å²) in [6.45, 7) is 2.05. The predicted octanol–water partition coefficient (Wildman–Crippen LogP) is 5.12. The van der Waals surface area contributed by atoms with Gasteiger partial charge in [0.15, 0.2) is 0 Å². The fraction of sp³-hybridized carbons (Fsp3) is 0.217. The van der Waals surface area contributed by atoms with Crippen molar-refractivity contribution < 1.29 is 9.53 Å². The molecule has 28 heavy (non-hydrogen) atoms. The van der Waals surface area contributed by atoms with Gasteiger partial charge in [-0.1, -0.05) is 18.2 Å². The fourth-order valence-corrected chi connectivity index (χ4v) is 3.31. The molecule has 142 valence electrons. The van der Waals surface area contributed by atoms with Crippen molar-refractivity contribution in [1.82, 2.24) is 4.98 Å². The van der Waals surface area contributed by atoms with Crippen molar-refractivity contribution >= 4 is 17.3 Å². The van der Waals surface area contributed by atoms with Gasteiger partial charge in [-0.25, -0.2) is 0 Å². The van der Waals surface area contributed by atoms with Gasteiger partial charge < -0.3 is 15.0 Å². The highest BCUT2D eigenvalue weighted by atomic mass is 16.5. The van der Waals surface area contributed by atoms with Crippen LogP contribution in [0.3, 0.4) is 0 Å². The number of nitrogens with one attached hydrogen (secondary N) is 1. The Bertz CT molecular complexity index is 920. The number of para-hydroxylation sites is 1. The molecule has 1 aromatic heterocycles. The lowest BCUT2D eigenvalue weighted by molar-refractivity contribution is 0.102. The molecule has 0 saturated carbocycles. The van der Waals surface area contributed by atoms with Crippen LogP contribution in [0.5, 0.6) is 11.5 Å². The Morgan fingerprint density at radius 2 is 1.61 bits per heavy atom. The van der Waals surface area contributed by atoms with E-state index in [-0.39, 0.29) is 5.91 Å². The maximum Gasteiger partial charge on any atom is 0.257 e. The van der Waals surface area contributed by atoms with Crippen LogP contribution in [0.15, 0.2) is 73.1 Å². The van der Waals surface area contributed by atoms with E-state index >= 15 is 0 Å². The molecule has 0 unspecified atom stereocenters. The van der Waals surface area contributed by atoms with E-state index in [1.807, 2.05) is 66.9 Å². The molecule has 2 aromatic carbocycles. The van der Waals surface area contributed by atoms with Gasteiger partial charge in [-0.2, -0.15) is 0 Å². The summed E-state index contributed by atoms with van der Waals surface area (Å²) in [6, 6.07) is 18.9. The largest absolute Gasteiger partial charge is 0.457 e. The molecule has 1 aliphatic rings. The maximum atomic E-state index is 12.6. The predicted molar refractivity (Wildman–Crippen MR) is 111 cm³/mol. The van der Waals surface area contributed by atoms with Gasteiger partial charge in [-0.05, 0) is 61.7 Å². The summed E-state index contributed by atoms with van der Waals surface area (Å²) in [4.78, 5) is 19.2. The van der Waals surface area contributed by atoms with Crippen LogP contribution in [0.1, 0.15) is 29.6 Å². The van der Waals surface area contributed by atoms with E-state index in [9.17, 15) is 4.79 Å². The Kier molecular flexibility index (Phi) is 5.52. The second kappa shape index (κ2) is 8.57. The van der Waals surface area contributed by atoms with Crippen molar-refractivity contribution in [3.05, 3.63) is 78.6 Å². The van der Waals surface area contributed by atoms with E-state index in [2.05, 4.69) is 15.2 Å². The Morgan fingerprint density at radius 3 is 2.36 bits per heavy atom. The van der Waals surface area contributed by atoms with E-state index in [1.54, 1.807) is 6.20 Å². The van der Waals surface area contributed by atoms with Gasteiger partial charge in [-0.3, -0.25) is 9.78 Å². The fourth-order valence-electron chi connectivity index (χ4n) is 3.31. The number of amides is 1. The second-order valence-electron chi connectivity index (χ2n) is 6.87. The average Bonchev–Trinajstić information content (AvgIpc) is 2.76. The number of rotatable bonds is 5. The van der Waals surface area contributed by atoms with Crippen molar-refractivity contribution in [2.45, 2.75) is 19.3 Å². The molecule has 0 bridgehead atoms. The minimum Gasteiger partial charge on any atom is -0.457 e. The van der Waals surface area contributed by atoms with Crippen molar-refractivity contribution in [3.63, 3.8) is 0 Å². The number of piperidine rings is 1. The smallest absolute Gasteiger partial charge is 0.257 e. The first kappa shape index (κ1) is 18.0. The topological polar surface area (TPSA) is 54.5 Å². The second-order valence-corrected chi connectivity index (χ2v) is 6.87. The number of hydrogen-bond donors (Lipinski definition) is 1. The van der Waals surface area contributed by atoms with E-state index in [4.69, 9.17) is 4.74 Å². The zero-order valence-corrected chi connectivity index (χ0v) is 15.7. The van der Waals surface area contributed by atoms with Gasteiger partial charge in [0, 0.05) is 25.0 Å². The van der Waals surface area contributed by atoms with Gasteiger partial charge in [0.1, 0.15) is 11.5 Å². The molecule has 3 aromatic rings. The molecular weight excluding hydrogens is 350 g/mol. The monoisotopic (exact) mass is 373 g/mol. The first-order valence-corrected chi connectivity index (χ1v) is 9.62. The number of aromatic nitrogens is 1. The average molecular weight is 373 g/mol. The Balaban J connectivity index is 1.40. The van der Waals surface area contributed by atoms with Gasteiger partial charge >= 0.3 is 0 Å².